The highest BCUT2D eigenvalue weighted by Crippen LogP contribution is 2.29. The molecular formula is C16H16F3N3O3. The number of hydrogen-bond donors (Lipinski definition) is 3. The molecular weight excluding hydrogens is 339 g/mol. The number of alkyl halides is 3. The summed E-state index contributed by atoms with van der Waals surface area (Å²) in [7, 11) is 0. The summed E-state index contributed by atoms with van der Waals surface area (Å²) < 4.78 is 31.7. The molecule has 1 unspecified atom stereocenters. The van der Waals surface area contributed by atoms with E-state index in [9.17, 15) is 18.0 Å². The van der Waals surface area contributed by atoms with Crippen LogP contribution >= 0.6 is 0 Å². The van der Waals surface area contributed by atoms with E-state index in [4.69, 9.17) is 15.6 Å². The molecule has 0 radical (unpaired) electrons. The molecule has 9 heteroatoms. The summed E-state index contributed by atoms with van der Waals surface area (Å²) in [5, 5.41) is 10.9. The van der Waals surface area contributed by atoms with Gasteiger partial charge in [0.25, 0.3) is 5.91 Å². The Bertz CT molecular complexity index is 821. The highest BCUT2D eigenvalue weighted by molar-refractivity contribution is 6.09. The highest BCUT2D eigenvalue weighted by Gasteiger charge is 2.38. The first-order chi connectivity index (χ1) is 11.7. The van der Waals surface area contributed by atoms with Crippen molar-refractivity contribution in [1.29, 1.82) is 0 Å². The second-order valence-corrected chi connectivity index (χ2v) is 5.52. The van der Waals surface area contributed by atoms with Crippen LogP contribution in [0.15, 0.2) is 24.4 Å². The average molecular weight is 355 g/mol. The van der Waals surface area contributed by atoms with Crippen molar-refractivity contribution in [2.45, 2.75) is 25.6 Å². The third-order valence-electron chi connectivity index (χ3n) is 3.80. The monoisotopic (exact) mass is 355 g/mol. The van der Waals surface area contributed by atoms with Gasteiger partial charge in [-0.1, -0.05) is 25.1 Å². The minimum absolute atomic E-state index is 0.00467. The van der Waals surface area contributed by atoms with Gasteiger partial charge in [-0.3, -0.25) is 9.78 Å². The number of benzene rings is 1. The van der Waals surface area contributed by atoms with Crippen LogP contribution in [-0.2, 0) is 11.3 Å². The number of amides is 1. The predicted molar refractivity (Wildman–Crippen MR) is 84.1 cm³/mol. The van der Waals surface area contributed by atoms with Gasteiger partial charge in [-0.2, -0.15) is 13.2 Å². The van der Waals surface area contributed by atoms with Crippen molar-refractivity contribution in [3.8, 4) is 0 Å². The van der Waals surface area contributed by atoms with Gasteiger partial charge in [-0.25, -0.2) is 4.79 Å². The predicted octanol–water partition coefficient (Wildman–Crippen LogP) is 2.17. The van der Waals surface area contributed by atoms with Crippen LogP contribution in [0, 0.1) is 0 Å². The maximum atomic E-state index is 11.9. The van der Waals surface area contributed by atoms with Crippen LogP contribution in [0.4, 0.5) is 13.2 Å². The number of carboxylic acid groups (broad SMARTS) is 1. The van der Waals surface area contributed by atoms with Crippen LogP contribution in [0.5, 0.6) is 0 Å². The molecule has 0 saturated carbocycles. The van der Waals surface area contributed by atoms with Crippen LogP contribution < -0.4 is 11.1 Å². The number of pyridine rings is 1. The van der Waals surface area contributed by atoms with Gasteiger partial charge in [-0.15, -0.1) is 0 Å². The molecule has 0 spiro atoms. The molecule has 0 bridgehead atoms. The number of fused-ring (bicyclic) bond motifs is 3. The van der Waals surface area contributed by atoms with Gasteiger partial charge in [-0.05, 0) is 18.0 Å². The molecule has 0 aliphatic carbocycles. The van der Waals surface area contributed by atoms with E-state index in [1.807, 2.05) is 18.2 Å². The molecule has 25 heavy (non-hydrogen) atoms. The third-order valence-corrected chi connectivity index (χ3v) is 3.80. The van der Waals surface area contributed by atoms with Crippen molar-refractivity contribution in [1.82, 2.24) is 10.3 Å². The van der Waals surface area contributed by atoms with Crippen molar-refractivity contribution < 1.29 is 27.9 Å². The maximum Gasteiger partial charge on any atom is 0.490 e. The number of carbonyl (C=O) groups is 2. The smallest absolute Gasteiger partial charge is 0.475 e. The van der Waals surface area contributed by atoms with Crippen molar-refractivity contribution in [3.05, 3.63) is 41.1 Å². The summed E-state index contributed by atoms with van der Waals surface area (Å²) in [6, 6.07) is 5.96. The number of rotatable bonds is 2. The van der Waals surface area contributed by atoms with Crippen LogP contribution in [0.25, 0.3) is 10.9 Å². The van der Waals surface area contributed by atoms with E-state index in [1.165, 1.54) is 0 Å². The number of nitrogens with zero attached hydrogens (tertiary/aromatic N) is 1. The maximum absolute atomic E-state index is 11.9. The fourth-order valence-electron chi connectivity index (χ4n) is 2.48. The number of para-hydroxylation sites is 1. The molecule has 1 aromatic heterocycles. The lowest BCUT2D eigenvalue weighted by molar-refractivity contribution is -0.192. The van der Waals surface area contributed by atoms with Crippen LogP contribution in [-0.4, -0.2) is 34.7 Å². The minimum Gasteiger partial charge on any atom is -0.475 e. The molecule has 0 saturated heterocycles. The normalized spacial score (nSPS) is 14.4. The summed E-state index contributed by atoms with van der Waals surface area (Å²) in [6.45, 7) is 3.22. The lowest BCUT2D eigenvalue weighted by Crippen LogP contribution is -2.21. The van der Waals surface area contributed by atoms with Gasteiger partial charge < -0.3 is 16.2 Å². The highest BCUT2D eigenvalue weighted by atomic mass is 19.4. The largest absolute Gasteiger partial charge is 0.490 e. The minimum atomic E-state index is -5.08. The Kier molecular flexibility index (Phi) is 5.27. The first-order valence-corrected chi connectivity index (χ1v) is 7.35. The fraction of sp³-hybridized carbons (Fsp3) is 0.312. The molecule has 2 aromatic rings. The van der Waals surface area contributed by atoms with Gasteiger partial charge in [0.15, 0.2) is 0 Å². The van der Waals surface area contributed by atoms with Crippen LogP contribution in [0.2, 0.25) is 0 Å². The molecule has 1 aliphatic heterocycles. The van der Waals surface area contributed by atoms with Crippen LogP contribution in [0.1, 0.15) is 34.3 Å². The topological polar surface area (TPSA) is 105 Å². The van der Waals surface area contributed by atoms with Gasteiger partial charge in [0.1, 0.15) is 0 Å². The summed E-state index contributed by atoms with van der Waals surface area (Å²) in [5.74, 6) is -2.52. The van der Waals surface area contributed by atoms with Gasteiger partial charge in [0.05, 0.1) is 11.1 Å². The molecule has 3 rings (SSSR count). The number of hydrogen-bond acceptors (Lipinski definition) is 4. The average Bonchev–Trinajstić information content (AvgIpc) is 2.95. The zero-order chi connectivity index (χ0) is 18.8. The van der Waals surface area contributed by atoms with E-state index in [0.717, 1.165) is 27.6 Å². The molecule has 6 nitrogen and oxygen atoms in total. The van der Waals surface area contributed by atoms with E-state index in [1.54, 1.807) is 6.20 Å². The molecule has 134 valence electrons. The summed E-state index contributed by atoms with van der Waals surface area (Å²) in [6.07, 6.45) is -3.29. The van der Waals surface area contributed by atoms with E-state index in [-0.39, 0.29) is 11.8 Å². The second kappa shape index (κ2) is 7.06. The number of halogens is 3. The molecule has 4 N–H and O–H groups in total. The Balaban J connectivity index is 0.000000277. The van der Waals surface area contributed by atoms with E-state index >= 15 is 0 Å². The summed E-state index contributed by atoms with van der Waals surface area (Å²) in [5.41, 5.74) is 9.48. The summed E-state index contributed by atoms with van der Waals surface area (Å²) >= 11 is 0. The van der Waals surface area contributed by atoms with Crippen molar-refractivity contribution in [3.63, 3.8) is 0 Å². The first-order valence-electron chi connectivity index (χ1n) is 7.35. The second-order valence-electron chi connectivity index (χ2n) is 5.52. The first kappa shape index (κ1) is 18.7. The van der Waals surface area contributed by atoms with E-state index in [0.29, 0.717) is 13.1 Å². The van der Waals surface area contributed by atoms with Gasteiger partial charge >= 0.3 is 12.1 Å². The number of aliphatic carboxylic acids is 1. The Morgan fingerprint density at radius 3 is 2.64 bits per heavy atom. The summed E-state index contributed by atoms with van der Waals surface area (Å²) in [4.78, 5) is 25.3. The Labute approximate surface area is 140 Å². The molecule has 1 aliphatic rings. The van der Waals surface area contributed by atoms with Crippen molar-refractivity contribution >= 4 is 22.8 Å². The Hall–Kier alpha value is -2.68. The zero-order valence-corrected chi connectivity index (χ0v) is 13.2. The molecule has 1 atom stereocenters. The van der Waals surface area contributed by atoms with E-state index < -0.39 is 12.1 Å². The van der Waals surface area contributed by atoms with Gasteiger partial charge in [0.2, 0.25) is 0 Å². The van der Waals surface area contributed by atoms with Crippen LogP contribution in [0.3, 0.4) is 0 Å². The van der Waals surface area contributed by atoms with Crippen molar-refractivity contribution in [2.24, 2.45) is 5.73 Å². The Morgan fingerprint density at radius 1 is 1.44 bits per heavy atom. The fourth-order valence-corrected chi connectivity index (χ4v) is 2.48. The molecule has 2 heterocycles. The van der Waals surface area contributed by atoms with Gasteiger partial charge in [0, 0.05) is 23.7 Å². The molecule has 0 fully saturated rings. The number of carboxylic acids is 1. The lowest BCUT2D eigenvalue weighted by Gasteiger charge is -2.12. The molecule has 1 amide bonds. The third kappa shape index (κ3) is 3.87. The Morgan fingerprint density at radius 2 is 2.08 bits per heavy atom. The zero-order valence-electron chi connectivity index (χ0n) is 13.2. The lowest BCUT2D eigenvalue weighted by atomic mass is 9.95. The number of nitrogens with one attached hydrogen (secondary N) is 1. The molecule has 1 aromatic carbocycles. The number of aromatic nitrogens is 1. The van der Waals surface area contributed by atoms with Crippen molar-refractivity contribution in [2.75, 3.05) is 6.54 Å². The standard InChI is InChI=1S/C14H15N3O.C2HF3O2/c1-8(5-15)10-3-2-4-11-12-9(6-16-13(10)11)7-17-14(12)18;3-2(4,5)1(6)7/h2-4,6,8H,5,7,15H2,1H3,(H,17,18);(H,6,7). The number of carbonyl (C=O) groups excluding carboxylic acids is 1. The quantitative estimate of drug-likeness (QED) is 0.766. The number of nitrogens with two attached hydrogens (primary N) is 1. The SMILES string of the molecule is CC(CN)c1cccc2c3c(cnc12)CNC3=O.O=C(O)C(F)(F)F. The van der Waals surface area contributed by atoms with E-state index in [2.05, 4.69) is 17.2 Å².